The number of hydrogen-bond acceptors (Lipinski definition) is 6. The standard InChI is InChI=1S/C26H29ClN4O6/c1-2-17(18-7-3-8-19(27)14-18)6-4-9-20-15-21(37-31-20)12-13-24(33)30-22(10-5-11-25(34)35)26(36)29-16-23(28)32/h2-4,6-9,14-15,22H,1,5,10-13,16H2,(H2,28,32)(H,29,36)(H,30,33)(H,34,35)/b9-4+,17-6+/t22-/m0/s1. The van der Waals surface area contributed by atoms with Crippen LogP contribution in [0.25, 0.3) is 11.6 Å². The molecular formula is C26H29ClN4O6. The molecule has 0 bridgehead atoms. The first kappa shape index (κ1) is 29.1. The molecule has 1 heterocycles. The predicted molar refractivity (Wildman–Crippen MR) is 139 cm³/mol. The van der Waals surface area contributed by atoms with Gasteiger partial charge < -0.3 is 26.0 Å². The van der Waals surface area contributed by atoms with Crippen LogP contribution in [-0.2, 0) is 25.6 Å². The van der Waals surface area contributed by atoms with Crippen molar-refractivity contribution in [2.45, 2.75) is 38.1 Å². The molecule has 0 saturated heterocycles. The molecule has 0 unspecified atom stereocenters. The molecule has 11 heteroatoms. The fraction of sp³-hybridized carbons (Fsp3) is 0.269. The lowest BCUT2D eigenvalue weighted by molar-refractivity contribution is -0.137. The maximum atomic E-state index is 12.4. The van der Waals surface area contributed by atoms with Gasteiger partial charge in [0.05, 0.1) is 6.54 Å². The number of aryl methyl sites for hydroxylation is 1. The van der Waals surface area contributed by atoms with Gasteiger partial charge in [0, 0.05) is 30.4 Å². The summed E-state index contributed by atoms with van der Waals surface area (Å²) < 4.78 is 5.27. The minimum atomic E-state index is -1.02. The molecule has 10 nitrogen and oxygen atoms in total. The fourth-order valence-corrected chi connectivity index (χ4v) is 3.44. The maximum Gasteiger partial charge on any atom is 0.303 e. The summed E-state index contributed by atoms with van der Waals surface area (Å²) in [6.45, 7) is 3.43. The number of carboxylic acid groups (broad SMARTS) is 1. The van der Waals surface area contributed by atoms with Gasteiger partial charge in [0.2, 0.25) is 17.7 Å². The minimum absolute atomic E-state index is 0.00611. The lowest BCUT2D eigenvalue weighted by Crippen LogP contribution is -2.48. The van der Waals surface area contributed by atoms with Gasteiger partial charge in [0.1, 0.15) is 17.5 Å². The van der Waals surface area contributed by atoms with Crippen LogP contribution in [-0.4, -0.2) is 46.5 Å². The van der Waals surface area contributed by atoms with Crippen molar-refractivity contribution in [2.75, 3.05) is 6.54 Å². The second-order valence-corrected chi connectivity index (χ2v) is 8.44. The van der Waals surface area contributed by atoms with Gasteiger partial charge in [-0.1, -0.05) is 53.7 Å². The number of aliphatic carboxylic acids is 1. The van der Waals surface area contributed by atoms with Crippen molar-refractivity contribution in [3.63, 3.8) is 0 Å². The van der Waals surface area contributed by atoms with E-state index in [4.69, 9.17) is 27.0 Å². The molecule has 1 atom stereocenters. The smallest absolute Gasteiger partial charge is 0.303 e. The number of hydrogen-bond donors (Lipinski definition) is 4. The molecule has 196 valence electrons. The van der Waals surface area contributed by atoms with E-state index in [-0.39, 0.29) is 38.6 Å². The third-order valence-corrected chi connectivity index (χ3v) is 5.30. The Kier molecular flexibility index (Phi) is 11.8. The summed E-state index contributed by atoms with van der Waals surface area (Å²) in [5.41, 5.74) is 7.37. The van der Waals surface area contributed by atoms with Crippen molar-refractivity contribution in [3.8, 4) is 0 Å². The molecule has 1 aromatic carbocycles. The third-order valence-electron chi connectivity index (χ3n) is 5.07. The van der Waals surface area contributed by atoms with Gasteiger partial charge in [-0.25, -0.2) is 0 Å². The van der Waals surface area contributed by atoms with Crippen LogP contribution in [0.15, 0.2) is 59.7 Å². The normalized spacial score (nSPS) is 12.2. The van der Waals surface area contributed by atoms with Gasteiger partial charge in [0.15, 0.2) is 0 Å². The Morgan fingerprint density at radius 1 is 1.22 bits per heavy atom. The number of allylic oxidation sites excluding steroid dienone is 4. The zero-order valence-corrected chi connectivity index (χ0v) is 20.9. The van der Waals surface area contributed by atoms with Crippen LogP contribution in [0, 0.1) is 0 Å². The Labute approximate surface area is 219 Å². The van der Waals surface area contributed by atoms with E-state index in [0.717, 1.165) is 11.1 Å². The number of rotatable bonds is 15. The number of nitrogens with one attached hydrogen (secondary N) is 2. The number of amides is 3. The number of carboxylic acids is 1. The highest BCUT2D eigenvalue weighted by molar-refractivity contribution is 6.30. The zero-order valence-electron chi connectivity index (χ0n) is 20.1. The summed E-state index contributed by atoms with van der Waals surface area (Å²) in [4.78, 5) is 46.4. The largest absolute Gasteiger partial charge is 0.481 e. The van der Waals surface area contributed by atoms with E-state index in [2.05, 4.69) is 22.4 Å². The van der Waals surface area contributed by atoms with Crippen molar-refractivity contribution >= 4 is 46.9 Å². The molecule has 0 aliphatic carbocycles. The summed E-state index contributed by atoms with van der Waals surface area (Å²) in [6.07, 6.45) is 7.43. The molecule has 0 fully saturated rings. The molecule has 3 amide bonds. The van der Waals surface area contributed by atoms with Crippen LogP contribution >= 0.6 is 11.6 Å². The molecule has 37 heavy (non-hydrogen) atoms. The molecule has 5 N–H and O–H groups in total. The Balaban J connectivity index is 1.92. The molecule has 0 aliphatic rings. The Morgan fingerprint density at radius 2 is 2.00 bits per heavy atom. The monoisotopic (exact) mass is 528 g/mol. The molecule has 0 spiro atoms. The molecule has 2 rings (SSSR count). The first-order valence-electron chi connectivity index (χ1n) is 11.5. The number of nitrogens with zero attached hydrogens (tertiary/aromatic N) is 1. The van der Waals surface area contributed by atoms with Crippen molar-refractivity contribution < 1.29 is 28.8 Å². The Morgan fingerprint density at radius 3 is 2.68 bits per heavy atom. The maximum absolute atomic E-state index is 12.4. The zero-order chi connectivity index (χ0) is 27.2. The summed E-state index contributed by atoms with van der Waals surface area (Å²) in [5, 5.41) is 18.3. The quantitative estimate of drug-likeness (QED) is 0.258. The first-order chi connectivity index (χ1) is 17.7. The van der Waals surface area contributed by atoms with Gasteiger partial charge in [-0.2, -0.15) is 0 Å². The summed E-state index contributed by atoms with van der Waals surface area (Å²) in [6, 6.07) is 8.09. The highest BCUT2D eigenvalue weighted by Gasteiger charge is 2.21. The number of primary amides is 1. The van der Waals surface area contributed by atoms with Gasteiger partial charge in [0.25, 0.3) is 0 Å². The van der Waals surface area contributed by atoms with Crippen LogP contribution in [0.1, 0.15) is 42.7 Å². The Bertz CT molecular complexity index is 1190. The van der Waals surface area contributed by atoms with Gasteiger partial charge >= 0.3 is 5.97 Å². The van der Waals surface area contributed by atoms with E-state index in [1.807, 2.05) is 24.3 Å². The molecule has 0 saturated carbocycles. The van der Waals surface area contributed by atoms with E-state index < -0.39 is 29.7 Å². The average molecular weight is 529 g/mol. The summed E-state index contributed by atoms with van der Waals surface area (Å²) in [7, 11) is 0. The summed E-state index contributed by atoms with van der Waals surface area (Å²) >= 11 is 6.04. The van der Waals surface area contributed by atoms with Crippen molar-refractivity contribution in [3.05, 3.63) is 77.2 Å². The summed E-state index contributed by atoms with van der Waals surface area (Å²) in [5.74, 6) is -2.34. The van der Waals surface area contributed by atoms with E-state index in [0.29, 0.717) is 16.5 Å². The molecular weight excluding hydrogens is 500 g/mol. The number of nitrogens with two attached hydrogens (primary N) is 1. The van der Waals surface area contributed by atoms with Crippen LogP contribution < -0.4 is 16.4 Å². The van der Waals surface area contributed by atoms with Crippen molar-refractivity contribution in [2.24, 2.45) is 5.73 Å². The Hall–Kier alpha value is -4.18. The van der Waals surface area contributed by atoms with Crippen molar-refractivity contribution in [1.82, 2.24) is 15.8 Å². The predicted octanol–water partition coefficient (Wildman–Crippen LogP) is 2.88. The topological polar surface area (TPSA) is 165 Å². The number of carbonyl (C=O) groups is 4. The van der Waals surface area contributed by atoms with E-state index in [1.54, 1.807) is 30.4 Å². The lowest BCUT2D eigenvalue weighted by Gasteiger charge is -2.17. The average Bonchev–Trinajstić information content (AvgIpc) is 3.30. The van der Waals surface area contributed by atoms with Gasteiger partial charge in [-0.15, -0.1) is 0 Å². The highest BCUT2D eigenvalue weighted by atomic mass is 35.5. The molecule has 2 aromatic rings. The second kappa shape index (κ2) is 15.0. The highest BCUT2D eigenvalue weighted by Crippen LogP contribution is 2.20. The molecule has 1 aromatic heterocycles. The number of carbonyl (C=O) groups excluding carboxylic acids is 3. The molecule has 0 radical (unpaired) electrons. The van der Waals surface area contributed by atoms with E-state index >= 15 is 0 Å². The molecule has 0 aliphatic heterocycles. The van der Waals surface area contributed by atoms with Crippen molar-refractivity contribution in [1.29, 1.82) is 0 Å². The van der Waals surface area contributed by atoms with Gasteiger partial charge in [-0.05, 0) is 42.2 Å². The van der Waals surface area contributed by atoms with E-state index in [1.165, 1.54) is 0 Å². The number of aromatic nitrogens is 1. The SMILES string of the molecule is C=C/C(=C\C=C\c1cc(CCC(=O)N[C@@H](CCCC(=O)O)C(=O)NCC(N)=O)on1)c1cccc(Cl)c1. The van der Waals surface area contributed by atoms with Gasteiger partial charge in [-0.3, -0.25) is 19.2 Å². The third kappa shape index (κ3) is 11.0. The van der Waals surface area contributed by atoms with Crippen LogP contribution in [0.3, 0.4) is 0 Å². The fourth-order valence-electron chi connectivity index (χ4n) is 3.25. The number of halogens is 1. The minimum Gasteiger partial charge on any atom is -0.481 e. The second-order valence-electron chi connectivity index (χ2n) is 8.00. The lowest BCUT2D eigenvalue weighted by atomic mass is 10.1. The van der Waals surface area contributed by atoms with E-state index in [9.17, 15) is 19.2 Å². The first-order valence-corrected chi connectivity index (χ1v) is 11.8. The number of benzene rings is 1. The van der Waals surface area contributed by atoms with Crippen LogP contribution in [0.2, 0.25) is 5.02 Å². The van der Waals surface area contributed by atoms with Crippen LogP contribution in [0.4, 0.5) is 0 Å². The van der Waals surface area contributed by atoms with Crippen LogP contribution in [0.5, 0.6) is 0 Å².